The van der Waals surface area contributed by atoms with Gasteiger partial charge < -0.3 is 9.72 Å². The van der Waals surface area contributed by atoms with Crippen LogP contribution in [0.1, 0.15) is 17.3 Å². The van der Waals surface area contributed by atoms with Crippen molar-refractivity contribution in [2.75, 3.05) is 6.61 Å². The minimum Gasteiger partial charge on any atom is -0.493 e. The lowest BCUT2D eigenvalue weighted by Gasteiger charge is -2.24. The summed E-state index contributed by atoms with van der Waals surface area (Å²) in [7, 11) is 0. The van der Waals surface area contributed by atoms with Gasteiger partial charge in [0, 0.05) is 11.8 Å². The second-order valence-corrected chi connectivity index (χ2v) is 6.63. The number of aromatic nitrogens is 4. The minimum absolute atomic E-state index is 0.134. The molecule has 1 aliphatic rings. The van der Waals surface area contributed by atoms with Crippen LogP contribution < -0.4 is 10.3 Å². The molecule has 0 spiro atoms. The van der Waals surface area contributed by atoms with Crippen molar-refractivity contribution in [3.63, 3.8) is 0 Å². The van der Waals surface area contributed by atoms with Gasteiger partial charge >= 0.3 is 0 Å². The van der Waals surface area contributed by atoms with Crippen LogP contribution in [0.2, 0.25) is 0 Å². The van der Waals surface area contributed by atoms with E-state index in [1.807, 2.05) is 12.1 Å². The van der Waals surface area contributed by atoms with E-state index in [0.717, 1.165) is 16.7 Å². The molecule has 0 unspecified atom stereocenters. The lowest BCUT2D eigenvalue weighted by molar-refractivity contribution is 0.257. The van der Waals surface area contributed by atoms with E-state index >= 15 is 0 Å². The predicted octanol–water partition coefficient (Wildman–Crippen LogP) is 3.17. The number of benzene rings is 2. The van der Waals surface area contributed by atoms with Crippen molar-refractivity contribution in [1.82, 2.24) is 20.2 Å². The molecule has 0 radical (unpaired) electrons. The van der Waals surface area contributed by atoms with Gasteiger partial charge in [-0.05, 0) is 47.9 Å². The summed E-state index contributed by atoms with van der Waals surface area (Å²) in [5.41, 5.74) is 2.99. The topological polar surface area (TPSA) is 83.7 Å². The highest BCUT2D eigenvalue weighted by Gasteiger charge is 2.24. The molecule has 1 atom stereocenters. The fraction of sp³-hybridized carbons (Fsp3) is 0.150. The second kappa shape index (κ2) is 6.05. The van der Waals surface area contributed by atoms with Crippen LogP contribution in [0, 0.1) is 5.82 Å². The van der Waals surface area contributed by atoms with Crippen LogP contribution >= 0.6 is 0 Å². The molecule has 0 bridgehead atoms. The van der Waals surface area contributed by atoms with Crippen molar-refractivity contribution in [3.8, 4) is 16.9 Å². The van der Waals surface area contributed by atoms with Gasteiger partial charge in [-0.15, -0.1) is 0 Å². The molecular formula is C20H15FN4O2. The molecule has 0 aliphatic carbocycles. The van der Waals surface area contributed by atoms with Gasteiger partial charge in [0.1, 0.15) is 17.4 Å². The fourth-order valence-electron chi connectivity index (χ4n) is 3.48. The summed E-state index contributed by atoms with van der Waals surface area (Å²) in [6.07, 6.45) is 4.04. The van der Waals surface area contributed by atoms with E-state index in [1.165, 1.54) is 12.1 Å². The average Bonchev–Trinajstić information content (AvgIpc) is 3.22. The molecule has 2 N–H and O–H groups in total. The first kappa shape index (κ1) is 15.7. The number of nitrogens with one attached hydrogen (secondary N) is 2. The standard InChI is InChI=1S/C20H15FN4O2/c21-15-2-4-18-12(6-15)5-13(10-27-18)19-24-17-3-1-11(14-8-22-23-9-14)7-16(17)20(26)25-19/h1-4,6-9,13H,5,10H2,(H,22,23)(H,24,25,26)/t13-/m1/s1. The Hall–Kier alpha value is -3.48. The van der Waals surface area contributed by atoms with Crippen molar-refractivity contribution in [1.29, 1.82) is 0 Å². The third kappa shape index (κ3) is 2.77. The van der Waals surface area contributed by atoms with Crippen molar-refractivity contribution in [3.05, 3.63) is 76.4 Å². The van der Waals surface area contributed by atoms with Crippen molar-refractivity contribution < 1.29 is 9.13 Å². The predicted molar refractivity (Wildman–Crippen MR) is 98.3 cm³/mol. The largest absolute Gasteiger partial charge is 0.493 e. The Morgan fingerprint density at radius 1 is 1.15 bits per heavy atom. The molecule has 2 aromatic carbocycles. The molecule has 0 amide bonds. The Morgan fingerprint density at radius 2 is 2.07 bits per heavy atom. The number of rotatable bonds is 2. The SMILES string of the molecule is O=c1[nH]c([C@H]2COc3ccc(F)cc3C2)nc2ccc(-c3cn[nH]c3)cc12. The molecule has 1 aliphatic heterocycles. The maximum absolute atomic E-state index is 13.5. The van der Waals surface area contributed by atoms with Gasteiger partial charge in [-0.1, -0.05) is 6.07 Å². The third-order valence-corrected chi connectivity index (χ3v) is 4.87. The van der Waals surface area contributed by atoms with Crippen LogP contribution in [0.5, 0.6) is 5.75 Å². The molecule has 3 heterocycles. The fourth-order valence-corrected chi connectivity index (χ4v) is 3.48. The minimum atomic E-state index is -0.301. The first-order chi connectivity index (χ1) is 13.2. The summed E-state index contributed by atoms with van der Waals surface area (Å²) in [6.45, 7) is 0.389. The van der Waals surface area contributed by atoms with E-state index in [9.17, 15) is 9.18 Å². The van der Waals surface area contributed by atoms with Gasteiger partial charge in [0.05, 0.1) is 29.6 Å². The highest BCUT2D eigenvalue weighted by molar-refractivity contribution is 5.83. The molecule has 27 heavy (non-hydrogen) atoms. The molecule has 7 heteroatoms. The number of ether oxygens (including phenoxy) is 1. The number of nitrogens with zero attached hydrogens (tertiary/aromatic N) is 2. The molecular weight excluding hydrogens is 347 g/mol. The number of aromatic amines is 2. The number of hydrogen-bond acceptors (Lipinski definition) is 4. The highest BCUT2D eigenvalue weighted by atomic mass is 19.1. The van der Waals surface area contributed by atoms with E-state index in [4.69, 9.17) is 4.74 Å². The Morgan fingerprint density at radius 3 is 2.93 bits per heavy atom. The zero-order valence-corrected chi connectivity index (χ0v) is 14.2. The van der Waals surface area contributed by atoms with Gasteiger partial charge in [-0.25, -0.2) is 9.37 Å². The summed E-state index contributed by atoms with van der Waals surface area (Å²) >= 11 is 0. The molecule has 4 aromatic rings. The van der Waals surface area contributed by atoms with E-state index in [1.54, 1.807) is 24.5 Å². The van der Waals surface area contributed by atoms with Gasteiger partial charge in [0.25, 0.3) is 5.56 Å². The zero-order valence-electron chi connectivity index (χ0n) is 14.2. The van der Waals surface area contributed by atoms with Crippen LogP contribution in [0.3, 0.4) is 0 Å². The summed E-state index contributed by atoms with van der Waals surface area (Å²) in [5, 5.41) is 7.21. The van der Waals surface area contributed by atoms with Crippen molar-refractivity contribution in [2.45, 2.75) is 12.3 Å². The summed E-state index contributed by atoms with van der Waals surface area (Å²) < 4.78 is 19.2. The van der Waals surface area contributed by atoms with E-state index in [-0.39, 0.29) is 17.3 Å². The summed E-state index contributed by atoms with van der Waals surface area (Å²) in [4.78, 5) is 20.1. The lowest BCUT2D eigenvalue weighted by Crippen LogP contribution is -2.24. The van der Waals surface area contributed by atoms with Gasteiger partial charge in [0.2, 0.25) is 0 Å². The van der Waals surface area contributed by atoms with Gasteiger partial charge in [-0.3, -0.25) is 9.89 Å². The van der Waals surface area contributed by atoms with Gasteiger partial charge in [0.15, 0.2) is 0 Å². The third-order valence-electron chi connectivity index (χ3n) is 4.87. The lowest BCUT2D eigenvalue weighted by atomic mass is 9.95. The molecule has 0 fully saturated rings. The average molecular weight is 362 g/mol. The van der Waals surface area contributed by atoms with Crippen LogP contribution in [-0.4, -0.2) is 26.8 Å². The Bertz CT molecular complexity index is 1200. The Balaban J connectivity index is 1.53. The highest BCUT2D eigenvalue weighted by Crippen LogP contribution is 2.32. The molecule has 6 nitrogen and oxygen atoms in total. The van der Waals surface area contributed by atoms with Crippen LogP contribution in [0.25, 0.3) is 22.0 Å². The number of fused-ring (bicyclic) bond motifs is 2. The van der Waals surface area contributed by atoms with Crippen molar-refractivity contribution in [2.24, 2.45) is 0 Å². The first-order valence-corrected chi connectivity index (χ1v) is 8.62. The quantitative estimate of drug-likeness (QED) is 0.574. The van der Waals surface area contributed by atoms with Crippen LogP contribution in [0.15, 0.2) is 53.6 Å². The normalized spacial score (nSPS) is 16.1. The summed E-state index contributed by atoms with van der Waals surface area (Å²) in [6, 6.07) is 10.0. The number of hydrogen-bond donors (Lipinski definition) is 2. The Labute approximate surface area is 153 Å². The van der Waals surface area contributed by atoms with Crippen LogP contribution in [0.4, 0.5) is 4.39 Å². The molecule has 5 rings (SSSR count). The van der Waals surface area contributed by atoms with Crippen LogP contribution in [-0.2, 0) is 6.42 Å². The smallest absolute Gasteiger partial charge is 0.258 e. The van der Waals surface area contributed by atoms with E-state index < -0.39 is 0 Å². The first-order valence-electron chi connectivity index (χ1n) is 8.62. The monoisotopic (exact) mass is 362 g/mol. The molecule has 0 saturated carbocycles. The van der Waals surface area contributed by atoms with E-state index in [0.29, 0.717) is 35.5 Å². The van der Waals surface area contributed by atoms with Gasteiger partial charge in [-0.2, -0.15) is 5.10 Å². The molecule has 0 saturated heterocycles. The second-order valence-electron chi connectivity index (χ2n) is 6.63. The number of halogens is 1. The van der Waals surface area contributed by atoms with Crippen molar-refractivity contribution >= 4 is 10.9 Å². The molecule has 2 aromatic heterocycles. The zero-order chi connectivity index (χ0) is 18.4. The molecule has 134 valence electrons. The number of H-pyrrole nitrogens is 2. The Kier molecular flexibility index (Phi) is 3.53. The van der Waals surface area contributed by atoms with E-state index in [2.05, 4.69) is 20.2 Å². The maximum Gasteiger partial charge on any atom is 0.258 e. The maximum atomic E-state index is 13.5. The summed E-state index contributed by atoms with van der Waals surface area (Å²) in [5.74, 6) is 0.800.